The fraction of sp³-hybridized carbons (Fsp3) is 0.571. The van der Waals surface area contributed by atoms with Crippen LogP contribution in [0.3, 0.4) is 0 Å². The van der Waals surface area contributed by atoms with Gasteiger partial charge in [-0.25, -0.2) is 0 Å². The van der Waals surface area contributed by atoms with Gasteiger partial charge in [0, 0.05) is 30.3 Å². The molecule has 1 saturated carbocycles. The first-order valence-corrected chi connectivity index (χ1v) is 7.52. The Morgan fingerprint density at radius 1 is 1.45 bits per heavy atom. The number of nitrogens with zero attached hydrogens (tertiary/aromatic N) is 1. The average molecular weight is 342 g/mol. The first kappa shape index (κ1) is 15.1. The smallest absolute Gasteiger partial charge is 0.267 e. The molecule has 0 radical (unpaired) electrons. The van der Waals surface area contributed by atoms with Crippen LogP contribution in [0.25, 0.3) is 0 Å². The molecule has 1 aliphatic carbocycles. The van der Waals surface area contributed by atoms with E-state index in [-0.39, 0.29) is 11.8 Å². The minimum Gasteiger partial charge on any atom is -0.359 e. The quantitative estimate of drug-likeness (QED) is 0.861. The first-order valence-electron chi connectivity index (χ1n) is 6.73. The summed E-state index contributed by atoms with van der Waals surface area (Å²) >= 11 is 3.41. The largest absolute Gasteiger partial charge is 0.359 e. The van der Waals surface area contributed by atoms with Crippen LogP contribution in [0.1, 0.15) is 43.2 Å². The molecule has 5 nitrogen and oxygen atoms in total. The van der Waals surface area contributed by atoms with Gasteiger partial charge in [-0.15, -0.1) is 0 Å². The van der Waals surface area contributed by atoms with Crippen molar-refractivity contribution in [2.75, 3.05) is 13.6 Å². The van der Waals surface area contributed by atoms with E-state index < -0.39 is 5.41 Å². The third-order valence-corrected chi connectivity index (χ3v) is 3.95. The molecule has 2 N–H and O–H groups in total. The topological polar surface area (TPSA) is 63.1 Å². The second-order valence-corrected chi connectivity index (χ2v) is 6.74. The normalized spacial score (nSPS) is 15.0. The standard InChI is InChI=1S/C14H20BrN3O2/c1-14(2,13(20)16-3)8-17-12(19)11-6-9(15)7-18(11)10-4-5-10/h6-7,10H,4-5,8H2,1-3H3,(H,16,20)(H,17,19). The van der Waals surface area contributed by atoms with Crippen LogP contribution in [0.5, 0.6) is 0 Å². The zero-order valence-corrected chi connectivity index (χ0v) is 13.6. The Morgan fingerprint density at radius 3 is 2.65 bits per heavy atom. The lowest BCUT2D eigenvalue weighted by Crippen LogP contribution is -2.44. The van der Waals surface area contributed by atoms with Gasteiger partial charge in [-0.3, -0.25) is 9.59 Å². The summed E-state index contributed by atoms with van der Waals surface area (Å²) in [5.41, 5.74) is 0.0191. The summed E-state index contributed by atoms with van der Waals surface area (Å²) < 4.78 is 2.91. The summed E-state index contributed by atoms with van der Waals surface area (Å²) in [6, 6.07) is 2.26. The number of amides is 2. The van der Waals surface area contributed by atoms with Gasteiger partial charge in [0.1, 0.15) is 5.69 Å². The zero-order chi connectivity index (χ0) is 14.9. The van der Waals surface area contributed by atoms with E-state index in [1.54, 1.807) is 7.05 Å². The van der Waals surface area contributed by atoms with Crippen LogP contribution in [0, 0.1) is 5.41 Å². The molecular formula is C14H20BrN3O2. The summed E-state index contributed by atoms with van der Waals surface area (Å²) in [6.45, 7) is 3.92. The van der Waals surface area contributed by atoms with Crippen LogP contribution in [0.15, 0.2) is 16.7 Å². The number of aromatic nitrogens is 1. The second-order valence-electron chi connectivity index (χ2n) is 5.83. The lowest BCUT2D eigenvalue weighted by atomic mass is 9.92. The maximum atomic E-state index is 12.3. The van der Waals surface area contributed by atoms with Crippen LogP contribution in [0.4, 0.5) is 0 Å². The van der Waals surface area contributed by atoms with E-state index in [0.717, 1.165) is 17.3 Å². The van der Waals surface area contributed by atoms with E-state index in [9.17, 15) is 9.59 Å². The molecule has 6 heteroatoms. The van der Waals surface area contributed by atoms with Crippen molar-refractivity contribution >= 4 is 27.7 Å². The van der Waals surface area contributed by atoms with Gasteiger partial charge in [-0.1, -0.05) is 0 Å². The Morgan fingerprint density at radius 2 is 2.10 bits per heavy atom. The molecule has 1 heterocycles. The van der Waals surface area contributed by atoms with Crippen molar-refractivity contribution in [3.05, 3.63) is 22.4 Å². The molecule has 1 fully saturated rings. The van der Waals surface area contributed by atoms with E-state index in [0.29, 0.717) is 18.3 Å². The van der Waals surface area contributed by atoms with Gasteiger partial charge in [0.2, 0.25) is 5.91 Å². The number of hydrogen-bond donors (Lipinski definition) is 2. The van der Waals surface area contributed by atoms with Gasteiger partial charge in [0.25, 0.3) is 5.91 Å². The molecule has 1 aromatic heterocycles. The van der Waals surface area contributed by atoms with Gasteiger partial charge < -0.3 is 15.2 Å². The molecular weight excluding hydrogens is 322 g/mol. The number of hydrogen-bond acceptors (Lipinski definition) is 2. The molecule has 0 bridgehead atoms. The highest BCUT2D eigenvalue weighted by Gasteiger charge is 2.30. The number of carbonyl (C=O) groups is 2. The SMILES string of the molecule is CNC(=O)C(C)(C)CNC(=O)c1cc(Br)cn1C1CC1. The molecule has 0 atom stereocenters. The Hall–Kier alpha value is -1.30. The van der Waals surface area contributed by atoms with Crippen molar-refractivity contribution in [2.45, 2.75) is 32.7 Å². The molecule has 0 saturated heterocycles. The maximum Gasteiger partial charge on any atom is 0.267 e. The van der Waals surface area contributed by atoms with Crippen LogP contribution in [-0.4, -0.2) is 30.0 Å². The average Bonchev–Trinajstić information content (AvgIpc) is 3.18. The molecule has 20 heavy (non-hydrogen) atoms. The fourth-order valence-electron chi connectivity index (χ4n) is 2.09. The predicted octanol–water partition coefficient (Wildman–Crippen LogP) is 2.09. The zero-order valence-electron chi connectivity index (χ0n) is 12.0. The van der Waals surface area contributed by atoms with E-state index in [4.69, 9.17) is 0 Å². The molecule has 0 unspecified atom stereocenters. The Bertz CT molecular complexity index is 533. The molecule has 0 aliphatic heterocycles. The Balaban J connectivity index is 2.04. The Labute approximate surface area is 127 Å². The third-order valence-electron chi connectivity index (χ3n) is 3.52. The van der Waals surface area contributed by atoms with Gasteiger partial charge in [-0.05, 0) is 48.7 Å². The summed E-state index contributed by atoms with van der Waals surface area (Å²) in [7, 11) is 1.60. The van der Waals surface area contributed by atoms with Crippen molar-refractivity contribution in [1.82, 2.24) is 15.2 Å². The highest BCUT2D eigenvalue weighted by atomic mass is 79.9. The van der Waals surface area contributed by atoms with Crippen LogP contribution >= 0.6 is 15.9 Å². The minimum absolute atomic E-state index is 0.0865. The van der Waals surface area contributed by atoms with E-state index in [2.05, 4.69) is 26.6 Å². The van der Waals surface area contributed by atoms with Crippen molar-refractivity contribution in [3.63, 3.8) is 0 Å². The number of carbonyl (C=O) groups excluding carboxylic acids is 2. The van der Waals surface area contributed by atoms with E-state index >= 15 is 0 Å². The highest BCUT2D eigenvalue weighted by Crippen LogP contribution is 2.37. The lowest BCUT2D eigenvalue weighted by molar-refractivity contribution is -0.128. The highest BCUT2D eigenvalue weighted by molar-refractivity contribution is 9.10. The monoisotopic (exact) mass is 341 g/mol. The van der Waals surface area contributed by atoms with Crippen molar-refractivity contribution in [1.29, 1.82) is 0 Å². The molecule has 0 aromatic carbocycles. The molecule has 1 aromatic rings. The van der Waals surface area contributed by atoms with Crippen LogP contribution in [0.2, 0.25) is 0 Å². The van der Waals surface area contributed by atoms with Gasteiger partial charge in [0.05, 0.1) is 5.41 Å². The fourth-order valence-corrected chi connectivity index (χ4v) is 2.53. The lowest BCUT2D eigenvalue weighted by Gasteiger charge is -2.23. The summed E-state index contributed by atoms with van der Waals surface area (Å²) in [5.74, 6) is -0.226. The summed E-state index contributed by atoms with van der Waals surface area (Å²) in [4.78, 5) is 24.0. The second kappa shape index (κ2) is 5.60. The van der Waals surface area contributed by atoms with Gasteiger partial charge >= 0.3 is 0 Å². The Kier molecular flexibility index (Phi) is 4.22. The maximum absolute atomic E-state index is 12.3. The molecule has 2 amide bonds. The molecule has 0 spiro atoms. The van der Waals surface area contributed by atoms with Gasteiger partial charge in [0.15, 0.2) is 0 Å². The van der Waals surface area contributed by atoms with Crippen LogP contribution < -0.4 is 10.6 Å². The summed E-state index contributed by atoms with van der Waals surface area (Å²) in [5, 5.41) is 5.46. The number of nitrogens with one attached hydrogen (secondary N) is 2. The molecule has 110 valence electrons. The van der Waals surface area contributed by atoms with Crippen molar-refractivity contribution in [3.8, 4) is 0 Å². The molecule has 1 aliphatic rings. The number of rotatable bonds is 5. The predicted molar refractivity (Wildman–Crippen MR) is 80.6 cm³/mol. The van der Waals surface area contributed by atoms with Crippen molar-refractivity contribution < 1.29 is 9.59 Å². The number of halogens is 1. The van der Waals surface area contributed by atoms with E-state index in [1.165, 1.54) is 0 Å². The van der Waals surface area contributed by atoms with Crippen LogP contribution in [-0.2, 0) is 4.79 Å². The van der Waals surface area contributed by atoms with E-state index in [1.807, 2.05) is 30.7 Å². The van der Waals surface area contributed by atoms with Crippen molar-refractivity contribution in [2.24, 2.45) is 5.41 Å². The summed E-state index contributed by atoms with van der Waals surface area (Å²) in [6.07, 6.45) is 4.17. The van der Waals surface area contributed by atoms with Gasteiger partial charge in [-0.2, -0.15) is 0 Å². The molecule has 2 rings (SSSR count). The minimum atomic E-state index is -0.626. The third kappa shape index (κ3) is 3.23. The first-order chi connectivity index (χ1) is 9.35.